The van der Waals surface area contributed by atoms with Crippen molar-refractivity contribution in [2.75, 3.05) is 46.9 Å². The molecule has 0 heterocycles. The van der Waals surface area contributed by atoms with Gasteiger partial charge in [0.2, 0.25) is 5.91 Å². The van der Waals surface area contributed by atoms with E-state index in [0.29, 0.717) is 13.2 Å². The van der Waals surface area contributed by atoms with Crippen LogP contribution in [-0.2, 0) is 9.53 Å². The van der Waals surface area contributed by atoms with E-state index in [2.05, 4.69) is 10.2 Å². The molecule has 0 aliphatic rings. The Kier molecular flexibility index (Phi) is 8.27. The van der Waals surface area contributed by atoms with Gasteiger partial charge in [0, 0.05) is 25.6 Å². The second-order valence-corrected chi connectivity index (χ2v) is 3.92. The molecule has 0 aliphatic heterocycles. The van der Waals surface area contributed by atoms with Crippen LogP contribution in [-0.4, -0.2) is 57.8 Å². The molecule has 0 aromatic heterocycles. The van der Waals surface area contributed by atoms with Crippen LogP contribution >= 0.6 is 0 Å². The predicted octanol–water partition coefficient (Wildman–Crippen LogP) is -0.724. The third-order valence-corrected chi connectivity index (χ3v) is 2.04. The molecular weight excluding hydrogens is 194 g/mol. The molecular formula is C10H23N3O2. The number of likely N-dealkylation sites (N-methyl/N-ethyl adjacent to an activating group) is 1. The molecule has 1 atom stereocenters. The van der Waals surface area contributed by atoms with Gasteiger partial charge in [0.25, 0.3) is 0 Å². The lowest BCUT2D eigenvalue weighted by atomic mass is 10.2. The molecule has 90 valence electrons. The third kappa shape index (κ3) is 9.65. The van der Waals surface area contributed by atoms with Crippen molar-refractivity contribution in [3.8, 4) is 0 Å². The normalized spacial score (nSPS) is 13.1. The van der Waals surface area contributed by atoms with E-state index >= 15 is 0 Å². The average molecular weight is 217 g/mol. The SMILES string of the molecule is CC(CNCCOCCN(C)C)C(N)=O. The first kappa shape index (κ1) is 14.3. The number of carbonyl (C=O) groups is 1. The molecule has 0 radical (unpaired) electrons. The largest absolute Gasteiger partial charge is 0.379 e. The minimum Gasteiger partial charge on any atom is -0.379 e. The summed E-state index contributed by atoms with van der Waals surface area (Å²) in [5, 5.41) is 3.12. The molecule has 1 unspecified atom stereocenters. The quantitative estimate of drug-likeness (QED) is 0.500. The molecule has 0 saturated carbocycles. The van der Waals surface area contributed by atoms with Gasteiger partial charge in [0.05, 0.1) is 13.2 Å². The Hall–Kier alpha value is -0.650. The molecule has 0 bridgehead atoms. The Bertz CT molecular complexity index is 174. The van der Waals surface area contributed by atoms with Crippen molar-refractivity contribution in [3.63, 3.8) is 0 Å². The van der Waals surface area contributed by atoms with Crippen LogP contribution in [0.4, 0.5) is 0 Å². The highest BCUT2D eigenvalue weighted by Gasteiger charge is 2.06. The van der Waals surface area contributed by atoms with E-state index in [4.69, 9.17) is 10.5 Å². The molecule has 0 aromatic carbocycles. The molecule has 0 rings (SSSR count). The van der Waals surface area contributed by atoms with Crippen molar-refractivity contribution in [2.45, 2.75) is 6.92 Å². The zero-order valence-corrected chi connectivity index (χ0v) is 9.95. The number of carbonyl (C=O) groups excluding carboxylic acids is 1. The van der Waals surface area contributed by atoms with Gasteiger partial charge in [0.15, 0.2) is 0 Å². The smallest absolute Gasteiger partial charge is 0.221 e. The summed E-state index contributed by atoms with van der Waals surface area (Å²) in [5.74, 6) is -0.386. The Labute approximate surface area is 91.9 Å². The molecule has 0 spiro atoms. The van der Waals surface area contributed by atoms with Crippen molar-refractivity contribution in [1.29, 1.82) is 0 Å². The van der Waals surface area contributed by atoms with Gasteiger partial charge in [-0.1, -0.05) is 6.92 Å². The molecule has 15 heavy (non-hydrogen) atoms. The van der Waals surface area contributed by atoms with Gasteiger partial charge in [-0.2, -0.15) is 0 Å². The van der Waals surface area contributed by atoms with E-state index in [1.807, 2.05) is 21.0 Å². The molecule has 0 saturated heterocycles. The van der Waals surface area contributed by atoms with Crippen molar-refractivity contribution in [1.82, 2.24) is 10.2 Å². The predicted molar refractivity (Wildman–Crippen MR) is 60.6 cm³/mol. The Morgan fingerprint density at radius 2 is 2.13 bits per heavy atom. The minimum atomic E-state index is -0.268. The number of amides is 1. The number of hydrogen-bond acceptors (Lipinski definition) is 4. The number of ether oxygens (including phenoxy) is 1. The van der Waals surface area contributed by atoms with Gasteiger partial charge in [-0.3, -0.25) is 4.79 Å². The summed E-state index contributed by atoms with van der Waals surface area (Å²) in [4.78, 5) is 12.8. The summed E-state index contributed by atoms with van der Waals surface area (Å²) < 4.78 is 5.37. The maximum atomic E-state index is 10.7. The van der Waals surface area contributed by atoms with E-state index in [0.717, 1.165) is 19.7 Å². The number of hydrogen-bond donors (Lipinski definition) is 2. The summed E-state index contributed by atoms with van der Waals surface area (Å²) in [6.07, 6.45) is 0. The molecule has 5 heteroatoms. The fourth-order valence-corrected chi connectivity index (χ4v) is 0.913. The highest BCUT2D eigenvalue weighted by atomic mass is 16.5. The maximum Gasteiger partial charge on any atom is 0.221 e. The van der Waals surface area contributed by atoms with E-state index in [1.54, 1.807) is 0 Å². The number of nitrogens with zero attached hydrogens (tertiary/aromatic N) is 1. The summed E-state index contributed by atoms with van der Waals surface area (Å²) in [5.41, 5.74) is 5.12. The average Bonchev–Trinajstić information content (AvgIpc) is 2.15. The second-order valence-electron chi connectivity index (χ2n) is 3.92. The van der Waals surface area contributed by atoms with Gasteiger partial charge in [-0.15, -0.1) is 0 Å². The van der Waals surface area contributed by atoms with Gasteiger partial charge in [0.1, 0.15) is 0 Å². The molecule has 5 nitrogen and oxygen atoms in total. The van der Waals surface area contributed by atoms with Crippen molar-refractivity contribution < 1.29 is 9.53 Å². The van der Waals surface area contributed by atoms with Crippen LogP contribution in [0.25, 0.3) is 0 Å². The maximum absolute atomic E-state index is 10.7. The van der Waals surface area contributed by atoms with Crippen molar-refractivity contribution >= 4 is 5.91 Å². The highest BCUT2D eigenvalue weighted by Crippen LogP contribution is 1.88. The van der Waals surface area contributed by atoms with Gasteiger partial charge >= 0.3 is 0 Å². The van der Waals surface area contributed by atoms with Crippen LogP contribution in [0.3, 0.4) is 0 Å². The van der Waals surface area contributed by atoms with Crippen LogP contribution < -0.4 is 11.1 Å². The summed E-state index contributed by atoms with van der Waals surface area (Å²) in [6.45, 7) is 5.51. The fraction of sp³-hybridized carbons (Fsp3) is 0.900. The van der Waals surface area contributed by atoms with Crippen LogP contribution in [0, 0.1) is 5.92 Å². The summed E-state index contributed by atoms with van der Waals surface area (Å²) >= 11 is 0. The first-order valence-corrected chi connectivity index (χ1v) is 5.26. The first-order chi connectivity index (χ1) is 7.04. The summed E-state index contributed by atoms with van der Waals surface area (Å²) in [6, 6.07) is 0. The molecule has 3 N–H and O–H groups in total. The van der Waals surface area contributed by atoms with E-state index in [9.17, 15) is 4.79 Å². The van der Waals surface area contributed by atoms with Crippen LogP contribution in [0.15, 0.2) is 0 Å². The lowest BCUT2D eigenvalue weighted by Crippen LogP contribution is -2.32. The van der Waals surface area contributed by atoms with E-state index in [1.165, 1.54) is 0 Å². The second kappa shape index (κ2) is 8.64. The zero-order valence-electron chi connectivity index (χ0n) is 9.95. The Balaban J connectivity index is 3.15. The number of rotatable bonds is 9. The minimum absolute atomic E-state index is 0.119. The van der Waals surface area contributed by atoms with Crippen molar-refractivity contribution in [3.05, 3.63) is 0 Å². The highest BCUT2D eigenvalue weighted by molar-refractivity contribution is 5.76. The lowest BCUT2D eigenvalue weighted by Gasteiger charge is -2.11. The van der Waals surface area contributed by atoms with E-state index in [-0.39, 0.29) is 11.8 Å². The monoisotopic (exact) mass is 217 g/mol. The molecule has 0 aromatic rings. The fourth-order valence-electron chi connectivity index (χ4n) is 0.913. The standard InChI is InChI=1S/C10H23N3O2/c1-9(10(11)14)8-12-4-6-15-7-5-13(2)3/h9,12H,4-8H2,1-3H3,(H2,11,14). The Morgan fingerprint density at radius 1 is 1.47 bits per heavy atom. The number of primary amides is 1. The topological polar surface area (TPSA) is 67.6 Å². The third-order valence-electron chi connectivity index (χ3n) is 2.04. The molecule has 0 aliphatic carbocycles. The number of nitrogens with one attached hydrogen (secondary N) is 1. The van der Waals surface area contributed by atoms with Gasteiger partial charge in [-0.05, 0) is 14.1 Å². The Morgan fingerprint density at radius 3 is 2.67 bits per heavy atom. The summed E-state index contributed by atoms with van der Waals surface area (Å²) in [7, 11) is 4.02. The zero-order chi connectivity index (χ0) is 11.7. The van der Waals surface area contributed by atoms with Crippen molar-refractivity contribution in [2.24, 2.45) is 11.7 Å². The molecule has 0 fully saturated rings. The van der Waals surface area contributed by atoms with Crippen LogP contribution in [0.1, 0.15) is 6.92 Å². The number of nitrogens with two attached hydrogens (primary N) is 1. The first-order valence-electron chi connectivity index (χ1n) is 5.26. The van der Waals surface area contributed by atoms with Gasteiger partial charge < -0.3 is 20.7 Å². The van der Waals surface area contributed by atoms with E-state index < -0.39 is 0 Å². The van der Waals surface area contributed by atoms with Crippen LogP contribution in [0.2, 0.25) is 0 Å². The van der Waals surface area contributed by atoms with Gasteiger partial charge in [-0.25, -0.2) is 0 Å². The van der Waals surface area contributed by atoms with Crippen LogP contribution in [0.5, 0.6) is 0 Å². The molecule has 1 amide bonds. The lowest BCUT2D eigenvalue weighted by molar-refractivity contribution is -0.121.